The van der Waals surface area contributed by atoms with Crippen molar-refractivity contribution < 1.29 is 18.7 Å². The van der Waals surface area contributed by atoms with Crippen molar-refractivity contribution in [2.24, 2.45) is 0 Å². The predicted octanol–water partition coefficient (Wildman–Crippen LogP) is 5.63. The van der Waals surface area contributed by atoms with Crippen LogP contribution in [0.5, 0.6) is 5.75 Å². The molecule has 0 radical (unpaired) electrons. The molecule has 0 fully saturated rings. The van der Waals surface area contributed by atoms with Gasteiger partial charge in [-0.15, -0.1) is 0 Å². The Bertz CT molecular complexity index is 1020. The van der Waals surface area contributed by atoms with Crippen molar-refractivity contribution in [3.05, 3.63) is 89.5 Å². The van der Waals surface area contributed by atoms with E-state index in [9.17, 15) is 18.7 Å². The summed E-state index contributed by atoms with van der Waals surface area (Å²) in [5.41, 5.74) is 2.80. The number of phenolic OH excluding ortho intramolecular Hbond substituents is 1. The average Bonchev–Trinajstić information content (AvgIpc) is 2.90. The molecule has 0 saturated heterocycles. The lowest BCUT2D eigenvalue weighted by Gasteiger charge is -2.25. The highest BCUT2D eigenvalue weighted by Gasteiger charge is 2.28. The van der Waals surface area contributed by atoms with E-state index in [1.54, 1.807) is 30.3 Å². The predicted molar refractivity (Wildman–Crippen MR) is 108 cm³/mol. The summed E-state index contributed by atoms with van der Waals surface area (Å²) >= 11 is 0. The number of nitrogens with one attached hydrogen (secondary N) is 1. The number of amides is 2. The van der Waals surface area contributed by atoms with Gasteiger partial charge in [-0.3, -0.25) is 4.90 Å². The van der Waals surface area contributed by atoms with Gasteiger partial charge in [-0.05, 0) is 72.5 Å². The van der Waals surface area contributed by atoms with Gasteiger partial charge in [-0.2, -0.15) is 0 Å². The minimum atomic E-state index is -0.425. The van der Waals surface area contributed by atoms with Gasteiger partial charge in [-0.25, -0.2) is 13.6 Å². The maximum atomic E-state index is 14.1. The lowest BCUT2D eigenvalue weighted by atomic mass is 9.87. The molecule has 6 heteroatoms. The quantitative estimate of drug-likeness (QED) is 0.553. The zero-order chi connectivity index (χ0) is 20.4. The third kappa shape index (κ3) is 4.06. The van der Waals surface area contributed by atoms with E-state index < -0.39 is 5.82 Å². The van der Waals surface area contributed by atoms with Gasteiger partial charge in [0.05, 0.1) is 5.69 Å². The van der Waals surface area contributed by atoms with Gasteiger partial charge in [0.15, 0.2) is 0 Å². The molecule has 0 aromatic heterocycles. The van der Waals surface area contributed by atoms with E-state index in [4.69, 9.17) is 0 Å². The summed E-state index contributed by atoms with van der Waals surface area (Å²) in [6.45, 7) is 0.429. The Morgan fingerprint density at radius 3 is 2.38 bits per heavy atom. The normalized spacial score (nSPS) is 16.1. The molecular formula is C23H20F2N2O2. The van der Waals surface area contributed by atoms with E-state index in [0.29, 0.717) is 24.3 Å². The van der Waals surface area contributed by atoms with Crippen LogP contribution in [0.2, 0.25) is 0 Å². The summed E-state index contributed by atoms with van der Waals surface area (Å²) < 4.78 is 27.4. The number of rotatable bonds is 2. The summed E-state index contributed by atoms with van der Waals surface area (Å²) in [4.78, 5) is 14.5. The Balaban J connectivity index is 1.68. The largest absolute Gasteiger partial charge is 0.508 e. The van der Waals surface area contributed by atoms with E-state index in [2.05, 4.69) is 5.32 Å². The molecule has 1 unspecified atom stereocenters. The molecule has 0 saturated carbocycles. The highest BCUT2D eigenvalue weighted by molar-refractivity contribution is 6.02. The zero-order valence-electron chi connectivity index (χ0n) is 15.6. The van der Waals surface area contributed by atoms with Crippen molar-refractivity contribution in [1.82, 2.24) is 0 Å². The Morgan fingerprint density at radius 2 is 1.66 bits per heavy atom. The summed E-state index contributed by atoms with van der Waals surface area (Å²) in [5.74, 6) is -0.687. The number of anilines is 2. The molecule has 1 heterocycles. The number of fused-ring (bicyclic) bond motifs is 1. The van der Waals surface area contributed by atoms with Gasteiger partial charge < -0.3 is 10.4 Å². The molecule has 1 aliphatic heterocycles. The Morgan fingerprint density at radius 1 is 0.966 bits per heavy atom. The lowest BCUT2D eigenvalue weighted by molar-refractivity contribution is 0.257. The van der Waals surface area contributed by atoms with Crippen LogP contribution >= 0.6 is 0 Å². The average molecular weight is 394 g/mol. The Hall–Kier alpha value is -3.41. The maximum absolute atomic E-state index is 14.1. The molecule has 4 rings (SSSR count). The molecule has 2 amide bonds. The summed E-state index contributed by atoms with van der Waals surface area (Å²) in [7, 11) is 0. The number of carbonyl (C=O) groups is 1. The van der Waals surface area contributed by atoms with Gasteiger partial charge in [0.25, 0.3) is 0 Å². The Labute approximate surface area is 167 Å². The van der Waals surface area contributed by atoms with E-state index in [1.807, 2.05) is 0 Å². The fourth-order valence-electron chi connectivity index (χ4n) is 3.76. The van der Waals surface area contributed by atoms with Crippen LogP contribution in [0.3, 0.4) is 0 Å². The van der Waals surface area contributed by atoms with Crippen LogP contribution in [0, 0.1) is 11.6 Å². The molecule has 3 aromatic carbocycles. The van der Waals surface area contributed by atoms with Crippen molar-refractivity contribution >= 4 is 17.4 Å². The van der Waals surface area contributed by atoms with Gasteiger partial charge >= 0.3 is 6.03 Å². The summed E-state index contributed by atoms with van der Waals surface area (Å²) in [5, 5.41) is 12.2. The number of halogens is 2. The number of carbonyl (C=O) groups excluding carboxylic acids is 1. The van der Waals surface area contributed by atoms with E-state index in [-0.39, 0.29) is 23.5 Å². The van der Waals surface area contributed by atoms with Crippen molar-refractivity contribution in [1.29, 1.82) is 0 Å². The number of phenols is 1. The van der Waals surface area contributed by atoms with Crippen molar-refractivity contribution in [2.45, 2.75) is 18.8 Å². The number of nitrogens with zero attached hydrogens (tertiary/aromatic N) is 1. The Kier molecular flexibility index (Phi) is 5.16. The van der Waals surface area contributed by atoms with Crippen LogP contribution in [0.25, 0.3) is 0 Å². The number of aromatic hydroxyl groups is 1. The smallest absolute Gasteiger partial charge is 0.326 e. The second-order valence-electron chi connectivity index (χ2n) is 7.08. The van der Waals surface area contributed by atoms with Crippen molar-refractivity contribution in [3.63, 3.8) is 0 Å². The second kappa shape index (κ2) is 7.91. The first kappa shape index (κ1) is 18.9. The highest BCUT2D eigenvalue weighted by atomic mass is 19.1. The fraction of sp³-hybridized carbons (Fsp3) is 0.174. The van der Waals surface area contributed by atoms with E-state index >= 15 is 0 Å². The van der Waals surface area contributed by atoms with Crippen LogP contribution in [0.1, 0.15) is 29.9 Å². The van der Waals surface area contributed by atoms with Crippen LogP contribution in [0.4, 0.5) is 25.0 Å². The highest BCUT2D eigenvalue weighted by Crippen LogP contribution is 2.39. The van der Waals surface area contributed by atoms with Crippen molar-refractivity contribution in [3.8, 4) is 5.75 Å². The molecule has 2 N–H and O–H groups in total. The van der Waals surface area contributed by atoms with Crippen LogP contribution in [-0.2, 0) is 0 Å². The molecule has 3 aromatic rings. The maximum Gasteiger partial charge on any atom is 0.326 e. The van der Waals surface area contributed by atoms with Crippen LogP contribution in [-0.4, -0.2) is 17.7 Å². The minimum Gasteiger partial charge on any atom is -0.508 e. The number of hydrogen-bond donors (Lipinski definition) is 2. The molecule has 4 nitrogen and oxygen atoms in total. The van der Waals surface area contributed by atoms with Gasteiger partial charge in [0.2, 0.25) is 0 Å². The topological polar surface area (TPSA) is 52.6 Å². The molecule has 1 atom stereocenters. The first-order chi connectivity index (χ1) is 14.0. The van der Waals surface area contributed by atoms with Crippen molar-refractivity contribution in [2.75, 3.05) is 16.8 Å². The molecule has 0 bridgehead atoms. The summed E-state index contributed by atoms with van der Waals surface area (Å²) in [6.07, 6.45) is 1.47. The first-order valence-corrected chi connectivity index (χ1v) is 9.44. The minimum absolute atomic E-state index is 0.0577. The first-order valence-electron chi connectivity index (χ1n) is 9.44. The molecule has 29 heavy (non-hydrogen) atoms. The standard InChI is InChI=1S/C23H20F2N2O2/c24-16-5-3-15(4-6-16)20-2-1-13-27(22-14-17(25)7-12-21(20)22)23(29)26-18-8-10-19(28)11-9-18/h3-12,14,20,28H,1-2,13H2,(H,26,29). The molecule has 148 valence electrons. The van der Waals surface area contributed by atoms with Gasteiger partial charge in [0.1, 0.15) is 17.4 Å². The van der Waals surface area contributed by atoms with Crippen LogP contribution in [0.15, 0.2) is 66.7 Å². The van der Waals surface area contributed by atoms with Crippen LogP contribution < -0.4 is 10.2 Å². The monoisotopic (exact) mass is 394 g/mol. The SMILES string of the molecule is O=C(Nc1ccc(O)cc1)N1CCCC(c2ccc(F)cc2)c2ccc(F)cc21. The molecule has 0 aliphatic carbocycles. The zero-order valence-corrected chi connectivity index (χ0v) is 15.6. The molecular weight excluding hydrogens is 374 g/mol. The number of benzene rings is 3. The number of urea groups is 1. The molecule has 0 spiro atoms. The number of hydrogen-bond acceptors (Lipinski definition) is 2. The molecule has 1 aliphatic rings. The van der Waals surface area contributed by atoms with E-state index in [0.717, 1.165) is 17.5 Å². The third-order valence-corrected chi connectivity index (χ3v) is 5.17. The third-order valence-electron chi connectivity index (χ3n) is 5.17. The second-order valence-corrected chi connectivity index (χ2v) is 7.08. The van der Waals surface area contributed by atoms with Gasteiger partial charge in [-0.1, -0.05) is 18.2 Å². The van der Waals surface area contributed by atoms with Gasteiger partial charge in [0, 0.05) is 18.2 Å². The summed E-state index contributed by atoms with van der Waals surface area (Å²) in [6, 6.07) is 16.5. The lowest BCUT2D eigenvalue weighted by Crippen LogP contribution is -2.35. The fourth-order valence-corrected chi connectivity index (χ4v) is 3.76. The van der Waals surface area contributed by atoms with E-state index in [1.165, 1.54) is 41.3 Å².